The minimum atomic E-state index is -3.26. The van der Waals surface area contributed by atoms with E-state index >= 15 is 0 Å². The number of rotatable bonds is 8. The van der Waals surface area contributed by atoms with Crippen LogP contribution in [0.2, 0.25) is 0 Å². The van der Waals surface area contributed by atoms with Crippen LogP contribution in [0.5, 0.6) is 0 Å². The van der Waals surface area contributed by atoms with Gasteiger partial charge in [0, 0.05) is 50.6 Å². The average Bonchev–Trinajstić information content (AvgIpc) is 2.90. The first-order chi connectivity index (χ1) is 18.7. The topological polar surface area (TPSA) is 65.5 Å². The number of piperidine rings is 1. The van der Waals surface area contributed by atoms with E-state index in [1.54, 1.807) is 12.1 Å². The molecule has 0 saturated carbocycles. The number of hydrogen-bond acceptors (Lipinski definition) is 6. The van der Waals surface area contributed by atoms with Crippen LogP contribution < -0.4 is 10.2 Å². The Morgan fingerprint density at radius 2 is 1.77 bits per heavy atom. The van der Waals surface area contributed by atoms with Gasteiger partial charge in [-0.15, -0.1) is 0 Å². The van der Waals surface area contributed by atoms with Crippen molar-refractivity contribution in [3.05, 3.63) is 88.2 Å². The van der Waals surface area contributed by atoms with E-state index in [0.717, 1.165) is 63.2 Å². The molecule has 7 heteroatoms. The molecule has 1 fully saturated rings. The Kier molecular flexibility index (Phi) is 8.40. The minimum Gasteiger partial charge on any atom is -0.371 e. The molecule has 1 atom stereocenters. The third-order valence-corrected chi connectivity index (χ3v) is 10.2. The Morgan fingerprint density at radius 3 is 2.49 bits per heavy atom. The lowest BCUT2D eigenvalue weighted by Crippen LogP contribution is -2.44. The molecule has 0 radical (unpaired) electrons. The lowest BCUT2D eigenvalue weighted by atomic mass is 9.91. The maximum Gasteiger partial charge on any atom is 0.178 e. The second kappa shape index (κ2) is 11.8. The van der Waals surface area contributed by atoms with E-state index in [9.17, 15) is 8.42 Å². The molecular weight excluding hydrogens is 504 g/mol. The summed E-state index contributed by atoms with van der Waals surface area (Å²) < 4.78 is 26.0. The minimum absolute atomic E-state index is 0.203. The number of pyridine rings is 1. The Labute approximate surface area is 234 Å². The smallest absolute Gasteiger partial charge is 0.178 e. The summed E-state index contributed by atoms with van der Waals surface area (Å²) in [5, 5.41) is 3.75. The summed E-state index contributed by atoms with van der Waals surface area (Å²) in [5.41, 5.74) is 8.84. The highest BCUT2D eigenvalue weighted by Crippen LogP contribution is 2.32. The Bertz CT molecular complexity index is 1400. The molecule has 3 heterocycles. The van der Waals surface area contributed by atoms with Crippen molar-refractivity contribution >= 4 is 15.5 Å². The van der Waals surface area contributed by atoms with Gasteiger partial charge in [0.05, 0.1) is 16.3 Å². The number of likely N-dealkylation sites (N-methyl/N-ethyl adjacent to an activating group) is 1. The van der Waals surface area contributed by atoms with E-state index in [4.69, 9.17) is 0 Å². The fourth-order valence-corrected chi connectivity index (χ4v) is 7.82. The van der Waals surface area contributed by atoms with Crippen LogP contribution in [0.3, 0.4) is 0 Å². The average molecular weight is 547 g/mol. The van der Waals surface area contributed by atoms with Crippen LogP contribution in [0.15, 0.2) is 59.6 Å². The Morgan fingerprint density at radius 1 is 1.03 bits per heavy atom. The van der Waals surface area contributed by atoms with E-state index in [-0.39, 0.29) is 11.7 Å². The zero-order valence-electron chi connectivity index (χ0n) is 23.8. The third-order valence-electron chi connectivity index (χ3n) is 8.35. The van der Waals surface area contributed by atoms with Gasteiger partial charge in [0.25, 0.3) is 0 Å². The third kappa shape index (κ3) is 6.71. The van der Waals surface area contributed by atoms with E-state index in [1.165, 1.54) is 27.9 Å². The van der Waals surface area contributed by atoms with E-state index in [1.807, 2.05) is 25.3 Å². The number of fused-ring (bicyclic) bond motifs is 1. The number of benzene rings is 2. The summed E-state index contributed by atoms with van der Waals surface area (Å²) >= 11 is 0. The molecule has 1 aromatic heterocycles. The fraction of sp³-hybridized carbons (Fsp3) is 0.469. The van der Waals surface area contributed by atoms with Crippen LogP contribution in [0.4, 0.5) is 5.69 Å². The molecule has 0 aliphatic carbocycles. The van der Waals surface area contributed by atoms with E-state index < -0.39 is 9.84 Å². The van der Waals surface area contributed by atoms with Crippen LogP contribution in [0.1, 0.15) is 46.4 Å². The molecule has 5 rings (SSSR count). The van der Waals surface area contributed by atoms with Crippen molar-refractivity contribution in [2.24, 2.45) is 5.92 Å². The second-order valence-corrected chi connectivity index (χ2v) is 13.7. The summed E-state index contributed by atoms with van der Waals surface area (Å²) in [4.78, 5) is 9.97. The standard InChI is InChI=1S/C32H42N4O2S/c1-23-8-10-29(11-9-23)39(37,38)22-26-12-14-36(15-13-26)32-7-5-6-27-19-33-28(17-30(27)32)20-35(4)21-31-25(3)16-24(2)18-34-31/h5-11,16,18,26,28,33H,12-15,17,19-22H2,1-4H3/t28-/m1/s1. The summed E-state index contributed by atoms with van der Waals surface area (Å²) in [5.74, 6) is 0.443. The SMILES string of the molecule is Cc1ccc(S(=O)(=O)CC2CCN(c3cccc4c3C[C@H](CN(C)Cc3ncc(C)cc3C)NC4)CC2)cc1. The van der Waals surface area contributed by atoms with Crippen molar-refractivity contribution in [1.82, 2.24) is 15.2 Å². The van der Waals surface area contributed by atoms with Gasteiger partial charge in [-0.2, -0.15) is 0 Å². The van der Waals surface area contributed by atoms with E-state index in [0.29, 0.717) is 10.9 Å². The number of hydrogen-bond donors (Lipinski definition) is 1. The van der Waals surface area contributed by atoms with Crippen LogP contribution in [-0.2, 0) is 29.3 Å². The van der Waals surface area contributed by atoms with Gasteiger partial charge in [-0.25, -0.2) is 8.42 Å². The largest absolute Gasteiger partial charge is 0.371 e. The molecule has 39 heavy (non-hydrogen) atoms. The molecule has 6 nitrogen and oxygen atoms in total. The predicted octanol–water partition coefficient (Wildman–Crippen LogP) is 4.84. The van der Waals surface area contributed by atoms with Gasteiger partial charge in [0.1, 0.15) is 0 Å². The van der Waals surface area contributed by atoms with Crippen LogP contribution >= 0.6 is 0 Å². The molecule has 0 unspecified atom stereocenters. The number of anilines is 1. The zero-order chi connectivity index (χ0) is 27.6. The van der Waals surface area contributed by atoms with Crippen molar-refractivity contribution in [3.8, 4) is 0 Å². The summed E-state index contributed by atoms with van der Waals surface area (Å²) in [6.07, 6.45) is 4.76. The highest BCUT2D eigenvalue weighted by Gasteiger charge is 2.29. The van der Waals surface area contributed by atoms with Gasteiger partial charge >= 0.3 is 0 Å². The zero-order valence-corrected chi connectivity index (χ0v) is 24.6. The van der Waals surface area contributed by atoms with Crippen molar-refractivity contribution < 1.29 is 8.42 Å². The highest BCUT2D eigenvalue weighted by molar-refractivity contribution is 7.91. The lowest BCUT2D eigenvalue weighted by molar-refractivity contribution is 0.271. The van der Waals surface area contributed by atoms with Crippen molar-refractivity contribution in [2.45, 2.75) is 64.1 Å². The fourth-order valence-electron chi connectivity index (χ4n) is 6.12. The van der Waals surface area contributed by atoms with Gasteiger partial charge in [0.2, 0.25) is 0 Å². The molecule has 0 amide bonds. The molecule has 208 valence electrons. The Balaban J connectivity index is 1.20. The van der Waals surface area contributed by atoms with Crippen LogP contribution in [0, 0.1) is 26.7 Å². The Hall–Kier alpha value is -2.74. The molecule has 2 aliphatic rings. The molecule has 3 aromatic rings. The second-order valence-electron chi connectivity index (χ2n) is 11.7. The molecule has 2 aliphatic heterocycles. The summed E-state index contributed by atoms with van der Waals surface area (Å²) in [6, 6.07) is 16.5. The van der Waals surface area contributed by atoms with Crippen molar-refractivity contribution in [3.63, 3.8) is 0 Å². The predicted molar refractivity (Wildman–Crippen MR) is 159 cm³/mol. The lowest BCUT2D eigenvalue weighted by Gasteiger charge is -2.37. The number of aryl methyl sites for hydroxylation is 3. The molecule has 2 aromatic carbocycles. The maximum atomic E-state index is 13.0. The van der Waals surface area contributed by atoms with Crippen molar-refractivity contribution in [2.75, 3.05) is 37.3 Å². The van der Waals surface area contributed by atoms with Gasteiger partial charge < -0.3 is 10.2 Å². The van der Waals surface area contributed by atoms with Crippen molar-refractivity contribution in [1.29, 1.82) is 0 Å². The quantitative estimate of drug-likeness (QED) is 0.436. The number of aromatic nitrogens is 1. The van der Waals surface area contributed by atoms with Crippen LogP contribution in [0.25, 0.3) is 0 Å². The number of nitrogens with one attached hydrogen (secondary N) is 1. The molecule has 1 saturated heterocycles. The molecule has 0 spiro atoms. The number of nitrogens with zero attached hydrogens (tertiary/aromatic N) is 3. The monoisotopic (exact) mass is 546 g/mol. The first kappa shape index (κ1) is 27.8. The normalized spacial score (nSPS) is 18.4. The molecular formula is C32H42N4O2S. The summed E-state index contributed by atoms with van der Waals surface area (Å²) in [7, 11) is -1.08. The highest BCUT2D eigenvalue weighted by atomic mass is 32.2. The van der Waals surface area contributed by atoms with Crippen LogP contribution in [-0.4, -0.2) is 56.8 Å². The maximum absolute atomic E-state index is 13.0. The summed E-state index contributed by atoms with van der Waals surface area (Å²) in [6.45, 7) is 10.7. The first-order valence-electron chi connectivity index (χ1n) is 14.2. The van der Waals surface area contributed by atoms with E-state index in [2.05, 4.69) is 65.3 Å². The molecule has 0 bridgehead atoms. The molecule has 1 N–H and O–H groups in total. The van der Waals surface area contributed by atoms with Gasteiger partial charge in [-0.05, 0) is 93.5 Å². The number of sulfone groups is 1. The van der Waals surface area contributed by atoms with Gasteiger partial charge in [-0.1, -0.05) is 35.9 Å². The van der Waals surface area contributed by atoms with Gasteiger partial charge in [-0.3, -0.25) is 9.88 Å². The van der Waals surface area contributed by atoms with Gasteiger partial charge in [0.15, 0.2) is 9.84 Å². The first-order valence-corrected chi connectivity index (χ1v) is 15.8.